The van der Waals surface area contributed by atoms with E-state index in [9.17, 15) is 18.8 Å². The number of rotatable bonds is 9. The van der Waals surface area contributed by atoms with Crippen LogP contribution in [0, 0.1) is 5.82 Å². The van der Waals surface area contributed by atoms with Crippen LogP contribution in [-0.4, -0.2) is 29.8 Å². The van der Waals surface area contributed by atoms with E-state index in [-0.39, 0.29) is 18.4 Å². The van der Waals surface area contributed by atoms with Gasteiger partial charge in [-0.05, 0) is 79.2 Å². The fourth-order valence-electron chi connectivity index (χ4n) is 3.96. The van der Waals surface area contributed by atoms with E-state index in [4.69, 9.17) is 9.47 Å². The molecule has 0 saturated carbocycles. The molecular formula is C32H26FN3O5S. The molecule has 4 aromatic rings. The molecule has 1 unspecified atom stereocenters. The number of thioether (sulfide) groups is 1. The Morgan fingerprint density at radius 1 is 0.833 bits per heavy atom. The molecule has 10 heteroatoms. The minimum absolute atomic E-state index is 0.0114. The van der Waals surface area contributed by atoms with Crippen molar-refractivity contribution >= 4 is 46.9 Å². The molecule has 3 amide bonds. The molecular weight excluding hydrogens is 557 g/mol. The van der Waals surface area contributed by atoms with Crippen molar-refractivity contribution in [1.82, 2.24) is 5.32 Å². The molecule has 3 N–H and O–H groups in total. The van der Waals surface area contributed by atoms with Crippen LogP contribution in [0.4, 0.5) is 15.8 Å². The van der Waals surface area contributed by atoms with Crippen LogP contribution in [0.1, 0.15) is 22.8 Å². The van der Waals surface area contributed by atoms with Gasteiger partial charge in [0.05, 0.1) is 5.25 Å². The topological polar surface area (TPSA) is 106 Å². The molecule has 0 bridgehead atoms. The highest BCUT2D eigenvalue weighted by atomic mass is 32.2. The number of nitrogens with one attached hydrogen (secondary N) is 3. The quantitative estimate of drug-likeness (QED) is 0.163. The average molecular weight is 584 g/mol. The van der Waals surface area contributed by atoms with E-state index in [0.29, 0.717) is 34.0 Å². The molecule has 4 aromatic carbocycles. The fraction of sp³-hybridized carbons (Fsp3) is 0.0938. The molecule has 1 aliphatic rings. The molecule has 1 aliphatic heterocycles. The van der Waals surface area contributed by atoms with Crippen LogP contribution in [0.3, 0.4) is 0 Å². The second-order valence-corrected chi connectivity index (χ2v) is 10.6. The first-order valence-corrected chi connectivity index (χ1v) is 13.8. The number of ether oxygens (including phenoxy) is 2. The Morgan fingerprint density at radius 2 is 1.52 bits per heavy atom. The third kappa shape index (κ3) is 7.35. The summed E-state index contributed by atoms with van der Waals surface area (Å²) < 4.78 is 24.1. The summed E-state index contributed by atoms with van der Waals surface area (Å²) in [5, 5.41) is 7.90. The summed E-state index contributed by atoms with van der Waals surface area (Å²) in [6.07, 6.45) is 1.47. The number of fused-ring (bicyclic) bond motifs is 1. The molecule has 42 heavy (non-hydrogen) atoms. The fourth-order valence-corrected chi connectivity index (χ4v) is 4.83. The monoisotopic (exact) mass is 583 g/mol. The van der Waals surface area contributed by atoms with Gasteiger partial charge in [0.2, 0.25) is 12.7 Å². The summed E-state index contributed by atoms with van der Waals surface area (Å²) >= 11 is 1.36. The van der Waals surface area contributed by atoms with Crippen molar-refractivity contribution in [2.24, 2.45) is 0 Å². The standard InChI is InChI=1S/C32H26FN3O5S/c1-20(30(37)35-25-13-16-28-29(18-25)41-19-40-28)42-26-14-11-24(12-15-26)34-32(39)27(17-21-7-9-23(33)10-8-21)36-31(38)22-5-3-2-4-6-22/h2-18,20H,19H2,1H3,(H,34,39)(H,35,37)(H,36,38)/b27-17-. The van der Waals surface area contributed by atoms with Gasteiger partial charge in [-0.1, -0.05) is 30.3 Å². The van der Waals surface area contributed by atoms with Crippen molar-refractivity contribution < 1.29 is 28.2 Å². The minimum Gasteiger partial charge on any atom is -0.454 e. The van der Waals surface area contributed by atoms with Crippen LogP contribution < -0.4 is 25.4 Å². The summed E-state index contributed by atoms with van der Waals surface area (Å²) in [4.78, 5) is 39.5. The van der Waals surface area contributed by atoms with Gasteiger partial charge in [0.25, 0.3) is 11.8 Å². The average Bonchev–Trinajstić information content (AvgIpc) is 3.47. The molecule has 0 aliphatic carbocycles. The van der Waals surface area contributed by atoms with E-state index in [1.165, 1.54) is 42.1 Å². The Labute approximate surface area is 245 Å². The molecule has 8 nitrogen and oxygen atoms in total. The van der Waals surface area contributed by atoms with Crippen LogP contribution in [0.25, 0.3) is 6.08 Å². The number of carbonyl (C=O) groups excluding carboxylic acids is 3. The van der Waals surface area contributed by atoms with Gasteiger partial charge in [0.15, 0.2) is 11.5 Å². The Morgan fingerprint density at radius 3 is 2.26 bits per heavy atom. The highest BCUT2D eigenvalue weighted by Crippen LogP contribution is 2.34. The van der Waals surface area contributed by atoms with Gasteiger partial charge in [-0.3, -0.25) is 14.4 Å². The molecule has 0 radical (unpaired) electrons. The first-order chi connectivity index (χ1) is 20.3. The number of anilines is 2. The second kappa shape index (κ2) is 13.0. The molecule has 1 atom stereocenters. The number of hydrogen-bond donors (Lipinski definition) is 3. The summed E-state index contributed by atoms with van der Waals surface area (Å²) in [6.45, 7) is 1.95. The SMILES string of the molecule is CC(Sc1ccc(NC(=O)/C(=C/c2ccc(F)cc2)NC(=O)c2ccccc2)cc1)C(=O)Nc1ccc2c(c1)OCO2. The minimum atomic E-state index is -0.555. The van der Waals surface area contributed by atoms with Gasteiger partial charge < -0.3 is 25.4 Å². The highest BCUT2D eigenvalue weighted by Gasteiger charge is 2.19. The predicted molar refractivity (Wildman–Crippen MR) is 160 cm³/mol. The summed E-state index contributed by atoms with van der Waals surface area (Å²) in [5.74, 6) is -0.384. The van der Waals surface area contributed by atoms with Crippen molar-refractivity contribution in [1.29, 1.82) is 0 Å². The van der Waals surface area contributed by atoms with Crippen LogP contribution in [0.2, 0.25) is 0 Å². The smallest absolute Gasteiger partial charge is 0.272 e. The highest BCUT2D eigenvalue weighted by molar-refractivity contribution is 8.00. The van der Waals surface area contributed by atoms with E-state index < -0.39 is 22.9 Å². The Balaban J connectivity index is 1.22. The zero-order valence-corrected chi connectivity index (χ0v) is 23.2. The zero-order valence-electron chi connectivity index (χ0n) is 22.4. The van der Waals surface area contributed by atoms with Gasteiger partial charge in [-0.2, -0.15) is 0 Å². The maximum atomic E-state index is 13.4. The van der Waals surface area contributed by atoms with Gasteiger partial charge in [-0.25, -0.2) is 4.39 Å². The number of hydrogen-bond acceptors (Lipinski definition) is 6. The lowest BCUT2D eigenvalue weighted by Gasteiger charge is -2.14. The predicted octanol–water partition coefficient (Wildman–Crippen LogP) is 6.08. The van der Waals surface area contributed by atoms with Crippen LogP contribution >= 0.6 is 11.8 Å². The maximum absolute atomic E-state index is 13.4. The van der Waals surface area contributed by atoms with Gasteiger partial charge in [-0.15, -0.1) is 11.8 Å². The molecule has 212 valence electrons. The van der Waals surface area contributed by atoms with Crippen molar-refractivity contribution in [3.63, 3.8) is 0 Å². The second-order valence-electron chi connectivity index (χ2n) is 9.23. The number of benzene rings is 4. The lowest BCUT2D eigenvalue weighted by atomic mass is 10.1. The summed E-state index contributed by atoms with van der Waals surface area (Å²) in [7, 11) is 0. The third-order valence-electron chi connectivity index (χ3n) is 6.14. The lowest BCUT2D eigenvalue weighted by Crippen LogP contribution is -2.30. The first-order valence-electron chi connectivity index (χ1n) is 13.0. The molecule has 0 aromatic heterocycles. The van der Waals surface area contributed by atoms with E-state index in [1.54, 1.807) is 79.7 Å². The number of carbonyl (C=O) groups is 3. The Hall–Kier alpha value is -5.09. The normalized spacial score (nSPS) is 12.8. The van der Waals surface area contributed by atoms with E-state index in [2.05, 4.69) is 16.0 Å². The van der Waals surface area contributed by atoms with Crippen molar-refractivity contribution in [2.45, 2.75) is 17.1 Å². The summed E-state index contributed by atoms with van der Waals surface area (Å²) in [6, 6.07) is 26.3. The largest absolute Gasteiger partial charge is 0.454 e. The van der Waals surface area contributed by atoms with E-state index >= 15 is 0 Å². The summed E-state index contributed by atoms with van der Waals surface area (Å²) in [5.41, 5.74) is 2.00. The molecule has 5 rings (SSSR count). The van der Waals surface area contributed by atoms with Gasteiger partial charge >= 0.3 is 0 Å². The van der Waals surface area contributed by atoms with Crippen LogP contribution in [0.15, 0.2) is 108 Å². The van der Waals surface area contributed by atoms with Crippen molar-refractivity contribution in [3.05, 3.63) is 120 Å². The van der Waals surface area contributed by atoms with Crippen molar-refractivity contribution in [3.8, 4) is 11.5 Å². The Bertz CT molecular complexity index is 1630. The van der Waals surface area contributed by atoms with Gasteiger partial charge in [0.1, 0.15) is 11.5 Å². The van der Waals surface area contributed by atoms with Crippen molar-refractivity contribution in [2.75, 3.05) is 17.4 Å². The van der Waals surface area contributed by atoms with Gasteiger partial charge in [0, 0.05) is 27.9 Å². The van der Waals surface area contributed by atoms with E-state index in [0.717, 1.165) is 4.90 Å². The molecule has 0 spiro atoms. The van der Waals surface area contributed by atoms with Crippen LogP contribution in [0.5, 0.6) is 11.5 Å². The third-order valence-corrected chi connectivity index (χ3v) is 7.26. The molecule has 0 fully saturated rings. The number of amides is 3. The molecule has 1 heterocycles. The lowest BCUT2D eigenvalue weighted by molar-refractivity contribution is -0.115. The van der Waals surface area contributed by atoms with E-state index in [1.807, 2.05) is 0 Å². The Kier molecular flexibility index (Phi) is 8.84. The number of halogens is 1. The first kappa shape index (κ1) is 28.4. The van der Waals surface area contributed by atoms with Crippen LogP contribution in [-0.2, 0) is 9.59 Å². The maximum Gasteiger partial charge on any atom is 0.272 e. The molecule has 0 saturated heterocycles. The zero-order chi connectivity index (χ0) is 29.5.